The average molecular weight is 210 g/mol. The number of rotatable bonds is 7. The molecule has 0 heterocycles. The van der Waals surface area contributed by atoms with Crippen LogP contribution in [0.15, 0.2) is 30.3 Å². The van der Waals surface area contributed by atoms with Gasteiger partial charge in [0, 0.05) is 0 Å². The third-order valence-electron chi connectivity index (χ3n) is 2.10. The van der Waals surface area contributed by atoms with Crippen LogP contribution < -0.4 is 0 Å². The van der Waals surface area contributed by atoms with E-state index in [1.165, 1.54) is 5.56 Å². The summed E-state index contributed by atoms with van der Waals surface area (Å²) in [4.78, 5) is 0. The summed E-state index contributed by atoms with van der Waals surface area (Å²) in [5.74, 6) is 0. The first-order valence-electron chi connectivity index (χ1n) is 5.19. The second kappa shape index (κ2) is 7.40. The van der Waals surface area contributed by atoms with Gasteiger partial charge in [-0.2, -0.15) is 0 Å². The van der Waals surface area contributed by atoms with E-state index in [0.717, 1.165) is 0 Å². The van der Waals surface area contributed by atoms with Gasteiger partial charge in [-0.15, -0.1) is 0 Å². The van der Waals surface area contributed by atoms with E-state index in [1.807, 2.05) is 37.3 Å². The number of benzene rings is 1. The normalized spacial score (nSPS) is 12.7. The van der Waals surface area contributed by atoms with Crippen molar-refractivity contribution in [3.63, 3.8) is 0 Å². The average Bonchev–Trinajstić information content (AvgIpc) is 2.30. The molecule has 84 valence electrons. The topological polar surface area (TPSA) is 38.7 Å². The van der Waals surface area contributed by atoms with Gasteiger partial charge in [0.25, 0.3) is 0 Å². The second-order valence-corrected chi connectivity index (χ2v) is 3.26. The Kier molecular flexibility index (Phi) is 6.00. The molecule has 3 nitrogen and oxygen atoms in total. The minimum absolute atomic E-state index is 0.0637. The number of aliphatic hydroxyl groups excluding tert-OH is 1. The van der Waals surface area contributed by atoms with Gasteiger partial charge in [0.15, 0.2) is 0 Å². The highest BCUT2D eigenvalue weighted by Gasteiger charge is 2.03. The molecule has 0 amide bonds. The maximum Gasteiger partial charge on any atom is 0.0797 e. The van der Waals surface area contributed by atoms with Crippen molar-refractivity contribution >= 4 is 0 Å². The maximum absolute atomic E-state index is 8.49. The summed E-state index contributed by atoms with van der Waals surface area (Å²) in [7, 11) is 0. The highest BCUT2D eigenvalue weighted by atomic mass is 16.5. The molecule has 0 radical (unpaired) electrons. The van der Waals surface area contributed by atoms with E-state index in [9.17, 15) is 0 Å². The van der Waals surface area contributed by atoms with Crippen molar-refractivity contribution < 1.29 is 14.6 Å². The van der Waals surface area contributed by atoms with Crippen LogP contribution in [0.5, 0.6) is 0 Å². The molecule has 1 aromatic carbocycles. The third kappa shape index (κ3) is 4.93. The SMILES string of the molecule is CC(OCCOCCO)c1ccccc1. The molecular formula is C12H18O3. The van der Waals surface area contributed by atoms with Gasteiger partial charge >= 0.3 is 0 Å². The molecule has 0 aromatic heterocycles. The van der Waals surface area contributed by atoms with Gasteiger partial charge in [-0.05, 0) is 12.5 Å². The minimum atomic E-state index is 0.0637. The Bertz CT molecular complexity index is 248. The van der Waals surface area contributed by atoms with Crippen molar-refractivity contribution in [2.45, 2.75) is 13.0 Å². The molecule has 0 fully saturated rings. The zero-order valence-electron chi connectivity index (χ0n) is 9.06. The van der Waals surface area contributed by atoms with Crippen LogP contribution in [0.4, 0.5) is 0 Å². The van der Waals surface area contributed by atoms with E-state index < -0.39 is 0 Å². The summed E-state index contributed by atoms with van der Waals surface area (Å²) in [5, 5.41) is 8.49. The molecule has 1 atom stereocenters. The van der Waals surface area contributed by atoms with Crippen LogP contribution in [0, 0.1) is 0 Å². The Morgan fingerprint density at radius 2 is 1.87 bits per heavy atom. The summed E-state index contributed by atoms with van der Waals surface area (Å²) in [5.41, 5.74) is 1.17. The first-order chi connectivity index (χ1) is 7.34. The minimum Gasteiger partial charge on any atom is -0.394 e. The summed E-state index contributed by atoms with van der Waals surface area (Å²) >= 11 is 0. The predicted octanol–water partition coefficient (Wildman–Crippen LogP) is 1.77. The molecule has 3 heteroatoms. The Morgan fingerprint density at radius 3 is 2.53 bits per heavy atom. The largest absolute Gasteiger partial charge is 0.394 e. The summed E-state index contributed by atoms with van der Waals surface area (Å²) in [6.45, 7) is 3.53. The predicted molar refractivity (Wildman–Crippen MR) is 58.7 cm³/mol. The van der Waals surface area contributed by atoms with Gasteiger partial charge in [-0.1, -0.05) is 30.3 Å². The van der Waals surface area contributed by atoms with Crippen LogP contribution in [0.1, 0.15) is 18.6 Å². The summed E-state index contributed by atoms with van der Waals surface area (Å²) in [6, 6.07) is 10.1. The Hall–Kier alpha value is -0.900. The summed E-state index contributed by atoms with van der Waals surface area (Å²) in [6.07, 6.45) is 0.0870. The van der Waals surface area contributed by atoms with E-state index >= 15 is 0 Å². The van der Waals surface area contributed by atoms with Crippen LogP contribution in [-0.2, 0) is 9.47 Å². The molecule has 0 aliphatic carbocycles. The van der Waals surface area contributed by atoms with E-state index in [1.54, 1.807) is 0 Å². The first-order valence-corrected chi connectivity index (χ1v) is 5.19. The van der Waals surface area contributed by atoms with Gasteiger partial charge in [0.05, 0.1) is 32.5 Å². The van der Waals surface area contributed by atoms with Gasteiger partial charge < -0.3 is 14.6 Å². The van der Waals surface area contributed by atoms with Gasteiger partial charge in [-0.25, -0.2) is 0 Å². The Morgan fingerprint density at radius 1 is 1.13 bits per heavy atom. The van der Waals surface area contributed by atoms with E-state index in [2.05, 4.69) is 0 Å². The van der Waals surface area contributed by atoms with Gasteiger partial charge in [-0.3, -0.25) is 0 Å². The van der Waals surface area contributed by atoms with Crippen molar-refractivity contribution in [2.24, 2.45) is 0 Å². The number of hydrogen-bond acceptors (Lipinski definition) is 3. The molecule has 1 N–H and O–H groups in total. The lowest BCUT2D eigenvalue weighted by Crippen LogP contribution is -2.09. The quantitative estimate of drug-likeness (QED) is 0.697. The van der Waals surface area contributed by atoms with E-state index in [0.29, 0.717) is 19.8 Å². The molecule has 1 rings (SSSR count). The van der Waals surface area contributed by atoms with Crippen LogP contribution in [0.3, 0.4) is 0 Å². The van der Waals surface area contributed by atoms with Crippen LogP contribution in [0.25, 0.3) is 0 Å². The third-order valence-corrected chi connectivity index (χ3v) is 2.10. The molecule has 0 spiro atoms. The lowest BCUT2D eigenvalue weighted by molar-refractivity contribution is 0.00337. The zero-order valence-corrected chi connectivity index (χ0v) is 9.06. The molecule has 15 heavy (non-hydrogen) atoms. The smallest absolute Gasteiger partial charge is 0.0797 e. The fraction of sp³-hybridized carbons (Fsp3) is 0.500. The van der Waals surface area contributed by atoms with Crippen molar-refractivity contribution in [1.29, 1.82) is 0 Å². The van der Waals surface area contributed by atoms with E-state index in [4.69, 9.17) is 14.6 Å². The van der Waals surface area contributed by atoms with Gasteiger partial charge in [0.2, 0.25) is 0 Å². The van der Waals surface area contributed by atoms with Crippen LogP contribution >= 0.6 is 0 Å². The number of hydrogen-bond donors (Lipinski definition) is 1. The molecule has 0 bridgehead atoms. The Balaban J connectivity index is 2.16. The first kappa shape index (κ1) is 12.2. The fourth-order valence-corrected chi connectivity index (χ4v) is 1.27. The van der Waals surface area contributed by atoms with Gasteiger partial charge in [0.1, 0.15) is 0 Å². The highest BCUT2D eigenvalue weighted by Crippen LogP contribution is 2.15. The molecule has 1 unspecified atom stereocenters. The highest BCUT2D eigenvalue weighted by molar-refractivity contribution is 5.16. The lowest BCUT2D eigenvalue weighted by Gasteiger charge is -2.13. The lowest BCUT2D eigenvalue weighted by atomic mass is 10.1. The van der Waals surface area contributed by atoms with Crippen molar-refractivity contribution in [3.05, 3.63) is 35.9 Å². The zero-order chi connectivity index (χ0) is 10.9. The Labute approximate surface area is 90.6 Å². The van der Waals surface area contributed by atoms with Crippen LogP contribution in [0.2, 0.25) is 0 Å². The molecule has 0 saturated carbocycles. The molecule has 1 aromatic rings. The van der Waals surface area contributed by atoms with E-state index in [-0.39, 0.29) is 12.7 Å². The van der Waals surface area contributed by atoms with Crippen LogP contribution in [-0.4, -0.2) is 31.5 Å². The standard InChI is InChI=1S/C12H18O3/c1-11(12-5-3-2-4-6-12)15-10-9-14-8-7-13/h2-6,11,13H,7-10H2,1H3. The summed E-state index contributed by atoms with van der Waals surface area (Å²) < 4.78 is 10.7. The van der Waals surface area contributed by atoms with Crippen molar-refractivity contribution in [3.8, 4) is 0 Å². The molecule has 0 saturated heterocycles. The number of aliphatic hydroxyl groups is 1. The monoisotopic (exact) mass is 210 g/mol. The number of ether oxygens (including phenoxy) is 2. The van der Waals surface area contributed by atoms with Crippen molar-refractivity contribution in [2.75, 3.05) is 26.4 Å². The van der Waals surface area contributed by atoms with Crippen molar-refractivity contribution in [1.82, 2.24) is 0 Å². The fourth-order valence-electron chi connectivity index (χ4n) is 1.27. The molecular weight excluding hydrogens is 192 g/mol. The molecule has 0 aliphatic heterocycles. The second-order valence-electron chi connectivity index (χ2n) is 3.26. The maximum atomic E-state index is 8.49. The molecule has 0 aliphatic rings.